The molecule has 2 heterocycles. The maximum atomic E-state index is 13.7. The Morgan fingerprint density at radius 2 is 2.03 bits per heavy atom. The first-order chi connectivity index (χ1) is 15.8. The van der Waals surface area contributed by atoms with Crippen LogP contribution in [0.3, 0.4) is 0 Å². The van der Waals surface area contributed by atoms with Crippen molar-refractivity contribution >= 4 is 17.5 Å². The summed E-state index contributed by atoms with van der Waals surface area (Å²) in [6.45, 7) is 1.39. The number of hydrogen-bond donors (Lipinski definition) is 1. The van der Waals surface area contributed by atoms with Crippen molar-refractivity contribution in [2.24, 2.45) is 0 Å². The van der Waals surface area contributed by atoms with Gasteiger partial charge in [0.1, 0.15) is 24.2 Å². The number of halogens is 1. The maximum absolute atomic E-state index is 13.7. The molecule has 3 aromatic rings. The van der Waals surface area contributed by atoms with Crippen molar-refractivity contribution < 1.29 is 18.7 Å². The standard InChI is InChI=1S/C23H18FN5O4/c1-13-8-19(30)21(27-29(13)16-5-3-4-15(24)10-16)22(31)26-17-12-33-20-9-14(11-25)6-7-18(20)28(2)23(17)32/h3-10,17H,12H2,1-2H3,(H,26,31)/t17-/m0/s1. The van der Waals surface area contributed by atoms with Gasteiger partial charge in [0, 0.05) is 24.9 Å². The summed E-state index contributed by atoms with van der Waals surface area (Å²) in [4.78, 5) is 39.6. The number of nitriles is 1. The molecular formula is C23H18FN5O4. The van der Waals surface area contributed by atoms with E-state index < -0.39 is 34.8 Å². The number of carbonyl (C=O) groups excluding carboxylic acids is 2. The minimum Gasteiger partial charge on any atom is -0.489 e. The number of ether oxygens (including phenoxy) is 1. The molecule has 9 nitrogen and oxygen atoms in total. The average Bonchev–Trinajstić information content (AvgIpc) is 2.90. The molecule has 0 aliphatic carbocycles. The summed E-state index contributed by atoms with van der Waals surface area (Å²) in [6.07, 6.45) is 0. The molecule has 1 aliphatic heterocycles. The van der Waals surface area contributed by atoms with Crippen LogP contribution in [-0.2, 0) is 4.79 Å². The van der Waals surface area contributed by atoms with Crippen molar-refractivity contribution in [3.05, 3.63) is 81.5 Å². The first kappa shape index (κ1) is 21.7. The number of benzene rings is 2. The molecule has 0 unspecified atom stereocenters. The Morgan fingerprint density at radius 3 is 2.76 bits per heavy atom. The lowest BCUT2D eigenvalue weighted by molar-refractivity contribution is -0.120. The van der Waals surface area contributed by atoms with Crippen LogP contribution >= 0.6 is 0 Å². The Hall–Kier alpha value is -4.52. The quantitative estimate of drug-likeness (QED) is 0.653. The summed E-state index contributed by atoms with van der Waals surface area (Å²) in [5.74, 6) is -1.51. The zero-order valence-electron chi connectivity index (χ0n) is 17.7. The molecule has 1 N–H and O–H groups in total. The van der Waals surface area contributed by atoms with Crippen molar-refractivity contribution in [2.75, 3.05) is 18.6 Å². The zero-order valence-corrected chi connectivity index (χ0v) is 17.7. The van der Waals surface area contributed by atoms with Gasteiger partial charge in [0.15, 0.2) is 5.69 Å². The van der Waals surface area contributed by atoms with Crippen molar-refractivity contribution in [2.45, 2.75) is 13.0 Å². The van der Waals surface area contributed by atoms with Gasteiger partial charge in [0.05, 0.1) is 23.0 Å². The van der Waals surface area contributed by atoms with E-state index in [1.54, 1.807) is 25.1 Å². The van der Waals surface area contributed by atoms with Gasteiger partial charge < -0.3 is 15.0 Å². The highest BCUT2D eigenvalue weighted by Gasteiger charge is 2.32. The number of fused-ring (bicyclic) bond motifs is 1. The fraction of sp³-hybridized carbons (Fsp3) is 0.174. The Morgan fingerprint density at radius 1 is 1.24 bits per heavy atom. The fourth-order valence-electron chi connectivity index (χ4n) is 3.48. The number of anilines is 1. The van der Waals surface area contributed by atoms with E-state index in [0.717, 1.165) is 0 Å². The lowest BCUT2D eigenvalue weighted by Crippen LogP contribution is -2.50. The normalized spacial score (nSPS) is 15.2. The molecule has 1 atom stereocenters. The van der Waals surface area contributed by atoms with Gasteiger partial charge in [0.2, 0.25) is 5.43 Å². The number of nitrogens with one attached hydrogen (secondary N) is 1. The number of rotatable bonds is 3. The molecule has 0 spiro atoms. The van der Waals surface area contributed by atoms with Crippen LogP contribution in [-0.4, -0.2) is 41.3 Å². The van der Waals surface area contributed by atoms with Crippen molar-refractivity contribution in [1.29, 1.82) is 5.26 Å². The number of likely N-dealkylation sites (N-methyl/N-ethyl adjacent to an activating group) is 1. The van der Waals surface area contributed by atoms with E-state index >= 15 is 0 Å². The van der Waals surface area contributed by atoms with E-state index in [2.05, 4.69) is 10.4 Å². The maximum Gasteiger partial charge on any atom is 0.276 e. The van der Waals surface area contributed by atoms with Gasteiger partial charge >= 0.3 is 0 Å². The number of hydrogen-bond acceptors (Lipinski definition) is 6. The van der Waals surface area contributed by atoms with Gasteiger partial charge in [0.25, 0.3) is 11.8 Å². The number of amides is 2. The van der Waals surface area contributed by atoms with Crippen LogP contribution in [0.25, 0.3) is 5.69 Å². The highest BCUT2D eigenvalue weighted by molar-refractivity contribution is 6.02. The molecular weight excluding hydrogens is 429 g/mol. The van der Waals surface area contributed by atoms with Crippen molar-refractivity contribution in [3.63, 3.8) is 0 Å². The largest absolute Gasteiger partial charge is 0.489 e. The smallest absolute Gasteiger partial charge is 0.276 e. The highest BCUT2D eigenvalue weighted by Crippen LogP contribution is 2.31. The van der Waals surface area contributed by atoms with Gasteiger partial charge in [-0.3, -0.25) is 14.4 Å². The molecule has 1 aromatic heterocycles. The summed E-state index contributed by atoms with van der Waals surface area (Å²) in [7, 11) is 1.52. The SMILES string of the molecule is Cc1cc(=O)c(C(=O)N[C@H]2COc3cc(C#N)ccc3N(C)C2=O)nn1-c1cccc(F)c1. The molecule has 10 heteroatoms. The van der Waals surface area contributed by atoms with Crippen LogP contribution in [0.15, 0.2) is 53.3 Å². The van der Waals surface area contributed by atoms with Crippen LogP contribution in [0.4, 0.5) is 10.1 Å². The average molecular weight is 447 g/mol. The van der Waals surface area contributed by atoms with Gasteiger partial charge in [-0.05, 0) is 37.3 Å². The predicted octanol–water partition coefficient (Wildman–Crippen LogP) is 1.71. The zero-order chi connectivity index (χ0) is 23.7. The Balaban J connectivity index is 1.62. The second-order valence-corrected chi connectivity index (χ2v) is 7.42. The molecule has 2 amide bonds. The molecule has 0 saturated carbocycles. The minimum absolute atomic E-state index is 0.208. The van der Waals surface area contributed by atoms with Gasteiger partial charge in [-0.1, -0.05) is 6.07 Å². The van der Waals surface area contributed by atoms with Crippen molar-refractivity contribution in [3.8, 4) is 17.5 Å². The number of aryl methyl sites for hydroxylation is 1. The Labute approximate surface area is 187 Å². The topological polar surface area (TPSA) is 117 Å². The van der Waals surface area contributed by atoms with E-state index in [9.17, 15) is 18.8 Å². The summed E-state index contributed by atoms with van der Waals surface area (Å²) >= 11 is 0. The van der Waals surface area contributed by atoms with Crippen LogP contribution in [0.2, 0.25) is 0 Å². The lowest BCUT2D eigenvalue weighted by Gasteiger charge is -2.20. The third-order valence-corrected chi connectivity index (χ3v) is 5.17. The van der Waals surface area contributed by atoms with E-state index in [1.807, 2.05) is 6.07 Å². The summed E-state index contributed by atoms with van der Waals surface area (Å²) in [5, 5.41) is 15.7. The van der Waals surface area contributed by atoms with E-state index in [-0.39, 0.29) is 6.61 Å². The third-order valence-electron chi connectivity index (χ3n) is 5.17. The van der Waals surface area contributed by atoms with E-state index in [1.165, 1.54) is 47.0 Å². The second-order valence-electron chi connectivity index (χ2n) is 7.42. The summed E-state index contributed by atoms with van der Waals surface area (Å²) in [6, 6.07) is 12.3. The third kappa shape index (κ3) is 4.16. The van der Waals surface area contributed by atoms with Gasteiger partial charge in [-0.25, -0.2) is 9.07 Å². The van der Waals surface area contributed by atoms with Crippen LogP contribution in [0.5, 0.6) is 5.75 Å². The number of nitrogens with zero attached hydrogens (tertiary/aromatic N) is 4. The Kier molecular flexibility index (Phi) is 5.62. The molecule has 0 fully saturated rings. The summed E-state index contributed by atoms with van der Waals surface area (Å²) in [5.41, 5.74) is 0.443. The van der Waals surface area contributed by atoms with Crippen molar-refractivity contribution in [1.82, 2.24) is 15.1 Å². The van der Waals surface area contributed by atoms with Crippen LogP contribution < -0.4 is 20.4 Å². The molecule has 33 heavy (non-hydrogen) atoms. The lowest BCUT2D eigenvalue weighted by atomic mass is 10.2. The first-order valence-corrected chi connectivity index (χ1v) is 9.91. The van der Waals surface area contributed by atoms with Gasteiger partial charge in [-0.15, -0.1) is 0 Å². The predicted molar refractivity (Wildman–Crippen MR) is 116 cm³/mol. The molecule has 0 radical (unpaired) electrons. The van der Waals surface area contributed by atoms with E-state index in [4.69, 9.17) is 10.00 Å². The van der Waals surface area contributed by atoms with Crippen LogP contribution in [0, 0.1) is 24.1 Å². The Bertz CT molecular complexity index is 1380. The molecule has 4 rings (SSSR count). The van der Waals surface area contributed by atoms with Crippen LogP contribution in [0.1, 0.15) is 21.7 Å². The molecule has 1 aliphatic rings. The molecule has 2 aromatic carbocycles. The monoisotopic (exact) mass is 447 g/mol. The van der Waals surface area contributed by atoms with Gasteiger partial charge in [-0.2, -0.15) is 10.4 Å². The molecule has 0 saturated heterocycles. The van der Waals surface area contributed by atoms with E-state index in [0.29, 0.717) is 28.4 Å². The first-order valence-electron chi connectivity index (χ1n) is 9.91. The highest BCUT2D eigenvalue weighted by atomic mass is 19.1. The summed E-state index contributed by atoms with van der Waals surface area (Å²) < 4.78 is 20.6. The second kappa shape index (κ2) is 8.55. The number of aromatic nitrogens is 2. The number of carbonyl (C=O) groups is 2. The minimum atomic E-state index is -1.11. The fourth-order valence-corrected chi connectivity index (χ4v) is 3.48. The molecule has 166 valence electrons. The molecule has 0 bridgehead atoms.